The van der Waals surface area contributed by atoms with E-state index in [0.717, 1.165) is 35.5 Å². The van der Waals surface area contributed by atoms with Crippen molar-refractivity contribution in [2.45, 2.75) is 13.8 Å². The van der Waals surface area contributed by atoms with Gasteiger partial charge in [-0.1, -0.05) is 6.07 Å². The predicted octanol–water partition coefficient (Wildman–Crippen LogP) is 3.30. The number of nitrogens with zero attached hydrogens (tertiary/aromatic N) is 5. The molecule has 0 fully saturated rings. The first-order valence-corrected chi connectivity index (χ1v) is 7.84. The maximum atomic E-state index is 4.50. The van der Waals surface area contributed by atoms with Crippen LogP contribution in [0.15, 0.2) is 55.1 Å². The van der Waals surface area contributed by atoms with Crippen molar-refractivity contribution in [2.75, 3.05) is 18.1 Å². The number of hydrogen-bond donors (Lipinski definition) is 0. The Labute approximate surface area is 135 Å². The van der Waals surface area contributed by atoms with Crippen molar-refractivity contribution in [3.05, 3.63) is 60.7 Å². The lowest BCUT2D eigenvalue weighted by Crippen LogP contribution is -2.24. The standard InChI is InChI=1S/C18H19N5/c1-3-21-8-9-22(13-21)16-5-6-17-15(10-16)12-20-23(17)18-7-4-14(2)11-19-18/h4-12H,3,13H2,1-2H3. The molecule has 2 aromatic heterocycles. The van der Waals surface area contributed by atoms with Gasteiger partial charge in [-0.15, -0.1) is 0 Å². The van der Waals surface area contributed by atoms with Gasteiger partial charge in [-0.2, -0.15) is 5.10 Å². The highest BCUT2D eigenvalue weighted by molar-refractivity contribution is 5.84. The normalized spacial score (nSPS) is 14.2. The third-order valence-electron chi connectivity index (χ3n) is 4.19. The summed E-state index contributed by atoms with van der Waals surface area (Å²) in [6.45, 7) is 6.12. The van der Waals surface area contributed by atoms with Gasteiger partial charge in [0.05, 0.1) is 18.4 Å². The van der Waals surface area contributed by atoms with Crippen molar-refractivity contribution < 1.29 is 0 Å². The highest BCUT2D eigenvalue weighted by Gasteiger charge is 2.14. The summed E-state index contributed by atoms with van der Waals surface area (Å²) in [5, 5.41) is 5.62. The van der Waals surface area contributed by atoms with E-state index in [9.17, 15) is 0 Å². The fourth-order valence-corrected chi connectivity index (χ4v) is 2.80. The van der Waals surface area contributed by atoms with Crippen molar-refractivity contribution >= 4 is 16.6 Å². The van der Waals surface area contributed by atoms with E-state index < -0.39 is 0 Å². The van der Waals surface area contributed by atoms with Crippen LogP contribution < -0.4 is 4.90 Å². The molecule has 0 spiro atoms. The van der Waals surface area contributed by atoms with E-state index in [1.165, 1.54) is 5.69 Å². The van der Waals surface area contributed by atoms with E-state index in [2.05, 4.69) is 63.5 Å². The quantitative estimate of drug-likeness (QED) is 0.744. The lowest BCUT2D eigenvalue weighted by molar-refractivity contribution is 0.429. The second-order valence-corrected chi connectivity index (χ2v) is 5.81. The van der Waals surface area contributed by atoms with Crippen molar-refractivity contribution in [1.29, 1.82) is 0 Å². The minimum absolute atomic E-state index is 0.844. The van der Waals surface area contributed by atoms with Crippen molar-refractivity contribution in [1.82, 2.24) is 19.7 Å². The molecule has 1 aromatic carbocycles. The molecule has 3 aromatic rings. The van der Waals surface area contributed by atoms with Crippen LogP contribution in [-0.2, 0) is 0 Å². The summed E-state index contributed by atoms with van der Waals surface area (Å²) in [6, 6.07) is 10.5. The average molecular weight is 305 g/mol. The summed E-state index contributed by atoms with van der Waals surface area (Å²) in [5.74, 6) is 0.844. The second kappa shape index (κ2) is 5.43. The third kappa shape index (κ3) is 2.44. The van der Waals surface area contributed by atoms with Gasteiger partial charge in [-0.25, -0.2) is 9.67 Å². The van der Waals surface area contributed by atoms with Gasteiger partial charge >= 0.3 is 0 Å². The lowest BCUT2D eigenvalue weighted by Gasteiger charge is -2.20. The first-order valence-electron chi connectivity index (χ1n) is 7.84. The number of aromatic nitrogens is 3. The van der Waals surface area contributed by atoms with E-state index in [0.29, 0.717) is 0 Å². The molecule has 0 amide bonds. The Morgan fingerprint density at radius 2 is 2.00 bits per heavy atom. The summed E-state index contributed by atoms with van der Waals surface area (Å²) in [7, 11) is 0. The number of benzene rings is 1. The maximum absolute atomic E-state index is 4.50. The van der Waals surface area contributed by atoms with Crippen LogP contribution in [0.2, 0.25) is 0 Å². The first kappa shape index (κ1) is 13.8. The van der Waals surface area contributed by atoms with Gasteiger partial charge in [0.1, 0.15) is 0 Å². The first-order chi connectivity index (χ1) is 11.2. The minimum atomic E-state index is 0.844. The van der Waals surface area contributed by atoms with Gasteiger partial charge in [-0.05, 0) is 43.7 Å². The molecule has 5 heteroatoms. The molecule has 0 saturated carbocycles. The molecule has 0 aliphatic carbocycles. The molecule has 3 heterocycles. The molecule has 23 heavy (non-hydrogen) atoms. The lowest BCUT2D eigenvalue weighted by atomic mass is 10.2. The molecular formula is C18H19N5. The average Bonchev–Trinajstić information content (AvgIpc) is 3.22. The van der Waals surface area contributed by atoms with Crippen LogP contribution in [0.4, 0.5) is 5.69 Å². The third-order valence-corrected chi connectivity index (χ3v) is 4.19. The monoisotopic (exact) mass is 305 g/mol. The number of aryl methyl sites for hydroxylation is 1. The second-order valence-electron chi connectivity index (χ2n) is 5.81. The molecule has 0 saturated heterocycles. The van der Waals surface area contributed by atoms with Crippen molar-refractivity contribution in [3.63, 3.8) is 0 Å². The van der Waals surface area contributed by atoms with Crippen LogP contribution in [-0.4, -0.2) is 32.9 Å². The summed E-state index contributed by atoms with van der Waals surface area (Å²) in [4.78, 5) is 8.97. The highest BCUT2D eigenvalue weighted by atomic mass is 15.3. The number of hydrogen-bond acceptors (Lipinski definition) is 4. The van der Waals surface area contributed by atoms with Crippen molar-refractivity contribution in [2.24, 2.45) is 0 Å². The molecule has 116 valence electrons. The van der Waals surface area contributed by atoms with Gasteiger partial charge < -0.3 is 9.80 Å². The van der Waals surface area contributed by atoms with Crippen LogP contribution in [0.3, 0.4) is 0 Å². The molecule has 0 N–H and O–H groups in total. The van der Waals surface area contributed by atoms with Gasteiger partial charge in [0.2, 0.25) is 0 Å². The zero-order chi connectivity index (χ0) is 15.8. The number of anilines is 1. The zero-order valence-corrected chi connectivity index (χ0v) is 13.3. The van der Waals surface area contributed by atoms with Crippen LogP contribution in [0, 0.1) is 6.92 Å². The smallest absolute Gasteiger partial charge is 0.153 e. The minimum Gasteiger partial charge on any atom is -0.359 e. The van der Waals surface area contributed by atoms with E-state index in [1.807, 2.05) is 30.1 Å². The van der Waals surface area contributed by atoms with E-state index in [-0.39, 0.29) is 0 Å². The number of fused-ring (bicyclic) bond motifs is 1. The summed E-state index contributed by atoms with van der Waals surface area (Å²) >= 11 is 0. The fraction of sp³-hybridized carbons (Fsp3) is 0.222. The molecule has 0 unspecified atom stereocenters. The molecule has 1 aliphatic rings. The Balaban J connectivity index is 1.69. The van der Waals surface area contributed by atoms with Gasteiger partial charge in [-0.3, -0.25) is 0 Å². The van der Waals surface area contributed by atoms with Gasteiger partial charge in [0.25, 0.3) is 0 Å². The van der Waals surface area contributed by atoms with Gasteiger partial charge in [0.15, 0.2) is 5.82 Å². The number of pyridine rings is 1. The van der Waals surface area contributed by atoms with Crippen LogP contribution in [0.25, 0.3) is 16.7 Å². The van der Waals surface area contributed by atoms with Crippen LogP contribution in [0.1, 0.15) is 12.5 Å². The largest absolute Gasteiger partial charge is 0.359 e. The maximum Gasteiger partial charge on any atom is 0.153 e. The van der Waals surface area contributed by atoms with Crippen molar-refractivity contribution in [3.8, 4) is 5.82 Å². The van der Waals surface area contributed by atoms with Crippen LogP contribution >= 0.6 is 0 Å². The van der Waals surface area contributed by atoms with E-state index in [4.69, 9.17) is 0 Å². The fourth-order valence-electron chi connectivity index (χ4n) is 2.80. The summed E-state index contributed by atoms with van der Waals surface area (Å²) in [6.07, 6.45) is 8.02. The summed E-state index contributed by atoms with van der Waals surface area (Å²) in [5.41, 5.74) is 3.40. The Morgan fingerprint density at radius 3 is 2.74 bits per heavy atom. The number of rotatable bonds is 3. The Hall–Kier alpha value is -2.82. The Bertz CT molecular complexity index is 863. The molecule has 4 rings (SSSR count). The molecular weight excluding hydrogens is 286 g/mol. The summed E-state index contributed by atoms with van der Waals surface area (Å²) < 4.78 is 1.89. The topological polar surface area (TPSA) is 37.2 Å². The predicted molar refractivity (Wildman–Crippen MR) is 92.5 cm³/mol. The van der Waals surface area contributed by atoms with E-state index >= 15 is 0 Å². The Kier molecular flexibility index (Phi) is 3.26. The molecule has 0 radical (unpaired) electrons. The zero-order valence-electron chi connectivity index (χ0n) is 13.3. The van der Waals surface area contributed by atoms with E-state index in [1.54, 1.807) is 0 Å². The molecule has 5 nitrogen and oxygen atoms in total. The van der Waals surface area contributed by atoms with Gasteiger partial charge in [0, 0.05) is 36.2 Å². The molecule has 1 aliphatic heterocycles. The highest BCUT2D eigenvalue weighted by Crippen LogP contribution is 2.25. The Morgan fingerprint density at radius 1 is 1.09 bits per heavy atom. The molecule has 0 atom stereocenters. The SMILES string of the molecule is CCN1C=CN(c2ccc3c(cnn3-c3ccc(C)cn3)c2)C1. The van der Waals surface area contributed by atoms with Crippen LogP contribution in [0.5, 0.6) is 0 Å². The molecule has 0 bridgehead atoms.